The van der Waals surface area contributed by atoms with Crippen LogP contribution >= 0.6 is 0 Å². The number of nitrogens with one attached hydrogen (secondary N) is 1. The highest BCUT2D eigenvalue weighted by atomic mass is 19.1. The number of nitrogens with zero attached hydrogens (tertiary/aromatic N) is 3. The zero-order chi connectivity index (χ0) is 20.3. The van der Waals surface area contributed by atoms with Crippen LogP contribution < -0.4 is 20.5 Å². The molecule has 0 aliphatic rings. The van der Waals surface area contributed by atoms with E-state index < -0.39 is 5.56 Å². The normalized spacial score (nSPS) is 10.6. The van der Waals surface area contributed by atoms with Crippen molar-refractivity contribution in [1.82, 2.24) is 9.55 Å². The molecule has 0 amide bonds. The molecule has 0 aliphatic heterocycles. The molecule has 1 aromatic heterocycles. The lowest BCUT2D eigenvalue weighted by atomic mass is 10.1. The summed E-state index contributed by atoms with van der Waals surface area (Å²) in [6.45, 7) is 2.41. The van der Waals surface area contributed by atoms with Crippen LogP contribution in [0.15, 0.2) is 53.5 Å². The molecular formula is C21H23FN4O2. The first-order valence-corrected chi connectivity index (χ1v) is 8.83. The van der Waals surface area contributed by atoms with E-state index >= 15 is 0 Å². The molecule has 0 bridgehead atoms. The zero-order valence-electron chi connectivity index (χ0n) is 16.4. The van der Waals surface area contributed by atoms with Crippen molar-refractivity contribution in [3.8, 4) is 5.75 Å². The summed E-state index contributed by atoms with van der Waals surface area (Å²) in [5.74, 6) is 0.231. The van der Waals surface area contributed by atoms with E-state index in [1.54, 1.807) is 22.9 Å². The van der Waals surface area contributed by atoms with Gasteiger partial charge in [0.05, 0.1) is 19.9 Å². The number of methoxy groups -OCH3 is 1. The maximum absolute atomic E-state index is 13.2. The highest BCUT2D eigenvalue weighted by Crippen LogP contribution is 2.27. The van der Waals surface area contributed by atoms with Crippen LogP contribution in [0.25, 0.3) is 0 Å². The summed E-state index contributed by atoms with van der Waals surface area (Å²) in [7, 11) is 5.38. The third kappa shape index (κ3) is 4.14. The minimum Gasteiger partial charge on any atom is -0.490 e. The second kappa shape index (κ2) is 8.12. The van der Waals surface area contributed by atoms with Crippen LogP contribution in [0.3, 0.4) is 0 Å². The van der Waals surface area contributed by atoms with Gasteiger partial charge in [0.15, 0.2) is 0 Å². The molecule has 0 aliphatic carbocycles. The van der Waals surface area contributed by atoms with E-state index in [-0.39, 0.29) is 11.6 Å². The number of hydrogen-bond acceptors (Lipinski definition) is 5. The Bertz CT molecular complexity index is 1030. The fourth-order valence-electron chi connectivity index (χ4n) is 2.98. The first-order chi connectivity index (χ1) is 13.4. The summed E-state index contributed by atoms with van der Waals surface area (Å²) in [5, 5.41) is 3.26. The maximum atomic E-state index is 13.2. The molecule has 1 heterocycles. The number of hydrogen-bond donors (Lipinski definition) is 1. The second-order valence-corrected chi connectivity index (χ2v) is 6.66. The fourth-order valence-corrected chi connectivity index (χ4v) is 2.98. The lowest BCUT2D eigenvalue weighted by Crippen LogP contribution is -2.19. The number of halogens is 1. The molecule has 3 aromatic rings. The molecule has 0 spiro atoms. The van der Waals surface area contributed by atoms with Crippen molar-refractivity contribution >= 4 is 17.3 Å². The molecule has 6 nitrogen and oxygen atoms in total. The van der Waals surface area contributed by atoms with Crippen molar-refractivity contribution in [2.24, 2.45) is 0 Å². The summed E-state index contributed by atoms with van der Waals surface area (Å²) in [5.41, 5.74) is 3.35. The topological polar surface area (TPSA) is 59.4 Å². The van der Waals surface area contributed by atoms with Crippen LogP contribution in [-0.4, -0.2) is 30.8 Å². The van der Waals surface area contributed by atoms with Crippen molar-refractivity contribution in [3.63, 3.8) is 0 Å². The van der Waals surface area contributed by atoms with Crippen LogP contribution in [0.2, 0.25) is 0 Å². The molecule has 0 saturated carbocycles. The molecule has 3 rings (SSSR count). The van der Waals surface area contributed by atoms with Crippen molar-refractivity contribution in [2.75, 3.05) is 31.4 Å². The Labute approximate surface area is 163 Å². The standard InChI is InChI=1S/C21H23FN4O2/c1-14-17(6-5-7-18(14)25(2)3)23-21-24-20(27)19(28-4)13-26(21)12-15-8-10-16(22)11-9-15/h5-11,13H,12H2,1-4H3,(H,23,24,27). The van der Waals surface area contributed by atoms with Gasteiger partial charge in [-0.2, -0.15) is 4.98 Å². The van der Waals surface area contributed by atoms with E-state index in [9.17, 15) is 9.18 Å². The number of aromatic nitrogens is 2. The van der Waals surface area contributed by atoms with Crippen LogP contribution in [0.5, 0.6) is 5.75 Å². The molecule has 2 aromatic carbocycles. The van der Waals surface area contributed by atoms with Gasteiger partial charge in [-0.3, -0.25) is 4.79 Å². The van der Waals surface area contributed by atoms with E-state index in [2.05, 4.69) is 10.3 Å². The van der Waals surface area contributed by atoms with Gasteiger partial charge in [0.25, 0.3) is 0 Å². The highest BCUT2D eigenvalue weighted by molar-refractivity contribution is 5.69. The number of anilines is 3. The fraction of sp³-hybridized carbons (Fsp3) is 0.238. The number of rotatable bonds is 6. The lowest BCUT2D eigenvalue weighted by molar-refractivity contribution is 0.402. The summed E-state index contributed by atoms with van der Waals surface area (Å²) in [6.07, 6.45) is 1.60. The van der Waals surface area contributed by atoms with E-state index in [1.807, 2.05) is 44.1 Å². The summed E-state index contributed by atoms with van der Waals surface area (Å²) < 4.78 is 20.1. The quantitative estimate of drug-likeness (QED) is 0.706. The van der Waals surface area contributed by atoms with E-state index in [0.29, 0.717) is 12.5 Å². The van der Waals surface area contributed by atoms with Crippen LogP contribution in [0.4, 0.5) is 21.7 Å². The molecular weight excluding hydrogens is 359 g/mol. The van der Waals surface area contributed by atoms with Gasteiger partial charge in [-0.15, -0.1) is 0 Å². The molecule has 7 heteroatoms. The van der Waals surface area contributed by atoms with Crippen LogP contribution in [0, 0.1) is 12.7 Å². The Morgan fingerprint density at radius 1 is 1.18 bits per heavy atom. The molecule has 0 unspecified atom stereocenters. The van der Waals surface area contributed by atoms with Gasteiger partial charge in [-0.1, -0.05) is 18.2 Å². The van der Waals surface area contributed by atoms with E-state index in [0.717, 1.165) is 22.5 Å². The Balaban J connectivity index is 2.02. The first-order valence-electron chi connectivity index (χ1n) is 8.83. The highest BCUT2D eigenvalue weighted by Gasteiger charge is 2.12. The summed E-state index contributed by atoms with van der Waals surface area (Å²) in [4.78, 5) is 18.4. The third-order valence-corrected chi connectivity index (χ3v) is 4.48. The smallest absolute Gasteiger partial charge is 0.316 e. The Morgan fingerprint density at radius 2 is 1.89 bits per heavy atom. The molecule has 146 valence electrons. The van der Waals surface area contributed by atoms with Crippen molar-refractivity contribution in [2.45, 2.75) is 13.5 Å². The largest absolute Gasteiger partial charge is 0.490 e. The van der Waals surface area contributed by atoms with Crippen LogP contribution in [-0.2, 0) is 6.54 Å². The van der Waals surface area contributed by atoms with Crippen LogP contribution in [0.1, 0.15) is 11.1 Å². The van der Waals surface area contributed by atoms with Gasteiger partial charge >= 0.3 is 5.56 Å². The average Bonchev–Trinajstić information content (AvgIpc) is 2.66. The predicted octanol–water partition coefficient (Wildman–Crippen LogP) is 3.56. The maximum Gasteiger partial charge on any atom is 0.316 e. The Kier molecular flexibility index (Phi) is 5.63. The summed E-state index contributed by atoms with van der Waals surface area (Å²) >= 11 is 0. The van der Waals surface area contributed by atoms with Crippen molar-refractivity contribution in [1.29, 1.82) is 0 Å². The van der Waals surface area contributed by atoms with E-state index in [1.165, 1.54) is 19.2 Å². The molecule has 0 atom stereocenters. The summed E-state index contributed by atoms with van der Waals surface area (Å²) in [6, 6.07) is 12.1. The van der Waals surface area contributed by atoms with Gasteiger partial charge in [0.2, 0.25) is 11.7 Å². The second-order valence-electron chi connectivity index (χ2n) is 6.66. The average molecular weight is 382 g/mol. The molecule has 0 saturated heterocycles. The van der Waals surface area contributed by atoms with Gasteiger partial charge in [0.1, 0.15) is 5.82 Å². The number of ether oxygens (including phenoxy) is 1. The van der Waals surface area contributed by atoms with Gasteiger partial charge in [0, 0.05) is 25.5 Å². The van der Waals surface area contributed by atoms with E-state index in [4.69, 9.17) is 4.74 Å². The predicted molar refractivity (Wildman–Crippen MR) is 109 cm³/mol. The SMILES string of the molecule is COc1cn(Cc2ccc(F)cc2)c(Nc2cccc(N(C)C)c2C)nc1=O. The van der Waals surface area contributed by atoms with Gasteiger partial charge < -0.3 is 19.5 Å². The molecule has 28 heavy (non-hydrogen) atoms. The molecule has 1 N–H and O–H groups in total. The van der Waals surface area contributed by atoms with Crippen molar-refractivity contribution in [3.05, 3.63) is 76.0 Å². The lowest BCUT2D eigenvalue weighted by Gasteiger charge is -2.20. The third-order valence-electron chi connectivity index (χ3n) is 4.48. The molecule has 0 fully saturated rings. The minimum absolute atomic E-state index is 0.145. The van der Waals surface area contributed by atoms with Gasteiger partial charge in [-0.05, 0) is 42.3 Å². The monoisotopic (exact) mass is 382 g/mol. The Hall–Kier alpha value is -3.35. The first kappa shape index (κ1) is 19.4. The van der Waals surface area contributed by atoms with Crippen molar-refractivity contribution < 1.29 is 9.13 Å². The Morgan fingerprint density at radius 3 is 2.54 bits per heavy atom. The number of benzene rings is 2. The minimum atomic E-state index is -0.457. The molecule has 0 radical (unpaired) electrons. The van der Waals surface area contributed by atoms with Gasteiger partial charge in [-0.25, -0.2) is 4.39 Å². The zero-order valence-corrected chi connectivity index (χ0v) is 16.4.